The molecule has 1 saturated heterocycles. The van der Waals surface area contributed by atoms with Crippen molar-refractivity contribution >= 4 is 22.7 Å². The molecule has 4 heterocycles. The van der Waals surface area contributed by atoms with Gasteiger partial charge in [0.2, 0.25) is 5.95 Å². The molecule has 4 rings (SSSR count). The molecule has 0 atom stereocenters. The van der Waals surface area contributed by atoms with Gasteiger partial charge in [-0.2, -0.15) is 13.2 Å². The molecule has 1 fully saturated rings. The van der Waals surface area contributed by atoms with E-state index >= 15 is 0 Å². The van der Waals surface area contributed by atoms with E-state index in [-0.39, 0.29) is 5.95 Å². The van der Waals surface area contributed by atoms with Crippen LogP contribution in [-0.2, 0) is 6.18 Å². The monoisotopic (exact) mass is 375 g/mol. The van der Waals surface area contributed by atoms with Crippen molar-refractivity contribution in [2.45, 2.75) is 13.1 Å². The highest BCUT2D eigenvalue weighted by Crippen LogP contribution is 2.29. The molecule has 27 heavy (non-hydrogen) atoms. The third-order valence-corrected chi connectivity index (χ3v) is 4.39. The molecule has 0 unspecified atom stereocenters. The molecule has 0 aromatic carbocycles. The number of rotatable bonds is 2. The summed E-state index contributed by atoms with van der Waals surface area (Å²) >= 11 is 0. The van der Waals surface area contributed by atoms with E-state index in [0.717, 1.165) is 29.0 Å². The average molecular weight is 375 g/mol. The van der Waals surface area contributed by atoms with E-state index in [2.05, 4.69) is 29.8 Å². The van der Waals surface area contributed by atoms with Crippen molar-refractivity contribution in [3.05, 3.63) is 42.2 Å². The van der Waals surface area contributed by atoms with E-state index in [0.29, 0.717) is 32.0 Å². The van der Waals surface area contributed by atoms with Crippen LogP contribution in [0.5, 0.6) is 0 Å². The number of fused-ring (bicyclic) bond motifs is 1. The van der Waals surface area contributed by atoms with Crippen LogP contribution in [-0.4, -0.2) is 51.1 Å². The lowest BCUT2D eigenvalue weighted by molar-refractivity contribution is -0.141. The smallest absolute Gasteiger partial charge is 0.352 e. The van der Waals surface area contributed by atoms with Gasteiger partial charge in [0.05, 0.1) is 11.7 Å². The van der Waals surface area contributed by atoms with E-state index in [9.17, 15) is 13.2 Å². The van der Waals surface area contributed by atoms with Gasteiger partial charge in [-0.1, -0.05) is 0 Å². The predicted octanol–water partition coefficient (Wildman–Crippen LogP) is 2.47. The number of alkyl halides is 3. The van der Waals surface area contributed by atoms with Gasteiger partial charge in [0, 0.05) is 44.0 Å². The highest BCUT2D eigenvalue weighted by atomic mass is 19.4. The largest absolute Gasteiger partial charge is 0.433 e. The van der Waals surface area contributed by atoms with Crippen molar-refractivity contribution in [2.75, 3.05) is 36.0 Å². The number of aromatic nitrogens is 5. The zero-order valence-corrected chi connectivity index (χ0v) is 14.5. The number of nitrogens with zero attached hydrogens (tertiary/aromatic N) is 7. The van der Waals surface area contributed by atoms with Gasteiger partial charge in [0.15, 0.2) is 0 Å². The van der Waals surface area contributed by atoms with Crippen molar-refractivity contribution in [3.8, 4) is 0 Å². The van der Waals surface area contributed by atoms with Gasteiger partial charge in [-0.15, -0.1) is 0 Å². The Labute approximate surface area is 152 Å². The first-order valence-corrected chi connectivity index (χ1v) is 8.40. The molecule has 1 aliphatic rings. The Morgan fingerprint density at radius 2 is 1.67 bits per heavy atom. The summed E-state index contributed by atoms with van der Waals surface area (Å²) in [5.41, 5.74) is -0.163. The topological polar surface area (TPSA) is 70.9 Å². The van der Waals surface area contributed by atoms with E-state index < -0.39 is 11.9 Å². The molecule has 0 bridgehead atoms. The lowest BCUT2D eigenvalue weighted by Gasteiger charge is -2.36. The fourth-order valence-electron chi connectivity index (χ4n) is 3.10. The summed E-state index contributed by atoms with van der Waals surface area (Å²) in [6, 6.07) is 2.75. The van der Waals surface area contributed by atoms with E-state index in [4.69, 9.17) is 0 Å². The number of aryl methyl sites for hydroxylation is 1. The fraction of sp³-hybridized carbons (Fsp3) is 0.353. The van der Waals surface area contributed by atoms with Crippen molar-refractivity contribution < 1.29 is 13.2 Å². The first-order chi connectivity index (χ1) is 12.9. The molecule has 3 aromatic rings. The Morgan fingerprint density at radius 1 is 0.926 bits per heavy atom. The van der Waals surface area contributed by atoms with E-state index in [1.807, 2.05) is 13.0 Å². The van der Waals surface area contributed by atoms with Crippen LogP contribution in [0.2, 0.25) is 0 Å². The first-order valence-electron chi connectivity index (χ1n) is 8.40. The van der Waals surface area contributed by atoms with Crippen LogP contribution < -0.4 is 9.80 Å². The fourth-order valence-corrected chi connectivity index (χ4v) is 3.10. The molecule has 10 heteroatoms. The quantitative estimate of drug-likeness (QED) is 0.681. The summed E-state index contributed by atoms with van der Waals surface area (Å²) < 4.78 is 38.6. The van der Waals surface area contributed by atoms with Gasteiger partial charge >= 0.3 is 6.18 Å². The van der Waals surface area contributed by atoms with Crippen LogP contribution in [0.15, 0.2) is 30.7 Å². The standard InChI is InChI=1S/C17H16F3N7/c1-11-23-13-10-21-4-2-12(13)15(24-11)26-6-8-27(9-7-26)16-22-5-3-14(25-16)17(18,19)20/h2-5,10H,6-9H2,1H3. The predicted molar refractivity (Wildman–Crippen MR) is 93.5 cm³/mol. The lowest BCUT2D eigenvalue weighted by Crippen LogP contribution is -2.47. The van der Waals surface area contributed by atoms with Gasteiger partial charge in [-0.3, -0.25) is 4.98 Å². The van der Waals surface area contributed by atoms with Crippen LogP contribution in [0.1, 0.15) is 11.5 Å². The number of pyridine rings is 1. The third kappa shape index (κ3) is 3.46. The van der Waals surface area contributed by atoms with Crippen LogP contribution in [0, 0.1) is 6.92 Å². The molecule has 0 aliphatic carbocycles. The van der Waals surface area contributed by atoms with Crippen molar-refractivity contribution in [1.29, 1.82) is 0 Å². The van der Waals surface area contributed by atoms with Crippen molar-refractivity contribution in [1.82, 2.24) is 24.9 Å². The Hall–Kier alpha value is -3.04. The Balaban J connectivity index is 1.55. The second-order valence-corrected chi connectivity index (χ2v) is 6.20. The number of hydrogen-bond donors (Lipinski definition) is 0. The van der Waals surface area contributed by atoms with Gasteiger partial charge in [-0.05, 0) is 19.1 Å². The second kappa shape index (κ2) is 6.60. The van der Waals surface area contributed by atoms with E-state index in [1.165, 1.54) is 0 Å². The minimum Gasteiger partial charge on any atom is -0.352 e. The minimum atomic E-state index is -4.48. The maximum Gasteiger partial charge on any atom is 0.433 e. The number of hydrogen-bond acceptors (Lipinski definition) is 7. The second-order valence-electron chi connectivity index (χ2n) is 6.20. The van der Waals surface area contributed by atoms with Gasteiger partial charge in [-0.25, -0.2) is 19.9 Å². The summed E-state index contributed by atoms with van der Waals surface area (Å²) in [7, 11) is 0. The molecular formula is C17H16F3N7. The molecule has 0 amide bonds. The van der Waals surface area contributed by atoms with Gasteiger partial charge in [0.1, 0.15) is 17.3 Å². The molecule has 140 valence electrons. The third-order valence-electron chi connectivity index (χ3n) is 4.39. The molecule has 3 aromatic heterocycles. The number of anilines is 2. The van der Waals surface area contributed by atoms with E-state index in [1.54, 1.807) is 17.3 Å². The van der Waals surface area contributed by atoms with Gasteiger partial charge in [0.25, 0.3) is 0 Å². The summed E-state index contributed by atoms with van der Waals surface area (Å²) in [4.78, 5) is 24.6. The summed E-state index contributed by atoms with van der Waals surface area (Å²) in [6.07, 6.45) is 0.0499. The highest BCUT2D eigenvalue weighted by Gasteiger charge is 2.33. The molecule has 1 aliphatic heterocycles. The minimum absolute atomic E-state index is 0.0948. The number of halogens is 3. The average Bonchev–Trinajstić information content (AvgIpc) is 2.67. The maximum atomic E-state index is 12.9. The Kier molecular flexibility index (Phi) is 4.25. The number of piperazine rings is 1. The Morgan fingerprint density at radius 3 is 2.41 bits per heavy atom. The van der Waals surface area contributed by atoms with Crippen LogP contribution in [0.4, 0.5) is 24.9 Å². The molecule has 7 nitrogen and oxygen atoms in total. The molecular weight excluding hydrogens is 359 g/mol. The lowest BCUT2D eigenvalue weighted by atomic mass is 10.2. The molecule has 0 spiro atoms. The molecule has 0 radical (unpaired) electrons. The Bertz CT molecular complexity index is 968. The zero-order valence-electron chi connectivity index (χ0n) is 14.5. The maximum absolute atomic E-state index is 12.9. The zero-order chi connectivity index (χ0) is 19.0. The van der Waals surface area contributed by atoms with Crippen LogP contribution in [0.3, 0.4) is 0 Å². The summed E-state index contributed by atoms with van der Waals surface area (Å²) in [5.74, 6) is 1.55. The first kappa shape index (κ1) is 17.4. The van der Waals surface area contributed by atoms with Crippen LogP contribution in [0.25, 0.3) is 10.9 Å². The normalized spacial score (nSPS) is 15.4. The molecule has 0 N–H and O–H groups in total. The van der Waals surface area contributed by atoms with Gasteiger partial charge < -0.3 is 9.80 Å². The van der Waals surface area contributed by atoms with Crippen molar-refractivity contribution in [3.63, 3.8) is 0 Å². The summed E-state index contributed by atoms with van der Waals surface area (Å²) in [6.45, 7) is 4.00. The molecule has 0 saturated carbocycles. The SMILES string of the molecule is Cc1nc(N2CCN(c3nccc(C(F)(F)F)n3)CC2)c2ccncc2n1. The summed E-state index contributed by atoms with van der Waals surface area (Å²) in [5, 5.41) is 0.902. The van der Waals surface area contributed by atoms with Crippen molar-refractivity contribution in [2.24, 2.45) is 0 Å². The van der Waals surface area contributed by atoms with Crippen LogP contribution >= 0.6 is 0 Å². The highest BCUT2D eigenvalue weighted by molar-refractivity contribution is 5.88.